The van der Waals surface area contributed by atoms with Gasteiger partial charge in [0, 0.05) is 38.9 Å². The van der Waals surface area contributed by atoms with Gasteiger partial charge in [0.2, 0.25) is 5.95 Å². The second kappa shape index (κ2) is 11.3. The summed E-state index contributed by atoms with van der Waals surface area (Å²) in [6.07, 6.45) is 1.71. The maximum atomic E-state index is 14.7. The number of benzene rings is 1. The van der Waals surface area contributed by atoms with Crippen LogP contribution in [0.15, 0.2) is 24.4 Å². The standard InChI is InChI=1S/C21H23FN6O3S.C2H6/c1-12-11-28(7-8-30-12)20-24-18(17-10-23-13(2)32-17)25-21(26-20)31-16-6-5-14(9-15(16)22)19(29)27(3)4;1-2/h5-6,9-10,12H,7-8,11H2,1-4H3;1-2H3/t12-;/m1./s1. The Bertz CT molecular complexity index is 1140. The van der Waals surface area contributed by atoms with Crippen LogP contribution in [0.5, 0.6) is 11.8 Å². The van der Waals surface area contributed by atoms with E-state index in [0.29, 0.717) is 31.5 Å². The van der Waals surface area contributed by atoms with Crippen molar-refractivity contribution in [2.75, 3.05) is 38.7 Å². The zero-order valence-electron chi connectivity index (χ0n) is 20.2. The molecule has 1 aromatic carbocycles. The molecule has 1 saturated heterocycles. The molecule has 0 aliphatic carbocycles. The number of ether oxygens (including phenoxy) is 2. The fourth-order valence-corrected chi connectivity index (χ4v) is 3.89. The molecular formula is C23H29FN6O3S. The molecule has 1 aliphatic heterocycles. The van der Waals surface area contributed by atoms with E-state index in [1.54, 1.807) is 20.3 Å². The number of aromatic nitrogens is 4. The number of hydrogen-bond donors (Lipinski definition) is 0. The van der Waals surface area contributed by atoms with Crippen molar-refractivity contribution in [3.05, 3.63) is 40.8 Å². The Morgan fingerprint density at radius 2 is 2.03 bits per heavy atom. The first kappa shape index (κ1) is 25.4. The topological polar surface area (TPSA) is 93.6 Å². The van der Waals surface area contributed by atoms with Gasteiger partial charge in [-0.05, 0) is 32.0 Å². The second-order valence-electron chi connectivity index (χ2n) is 7.56. The molecule has 9 nitrogen and oxygen atoms in total. The van der Waals surface area contributed by atoms with Gasteiger partial charge in [0.1, 0.15) is 0 Å². The summed E-state index contributed by atoms with van der Waals surface area (Å²) in [6, 6.07) is 3.99. The SMILES string of the molecule is CC.Cc1ncc(-c2nc(Oc3ccc(C(=O)N(C)C)cc3F)nc(N3CCO[C@H](C)C3)n2)s1. The van der Waals surface area contributed by atoms with E-state index in [2.05, 4.69) is 19.9 Å². The van der Waals surface area contributed by atoms with Crippen molar-refractivity contribution in [1.82, 2.24) is 24.8 Å². The van der Waals surface area contributed by atoms with Crippen molar-refractivity contribution >= 4 is 23.2 Å². The molecule has 4 rings (SSSR count). The number of aryl methyl sites for hydroxylation is 1. The molecule has 3 aromatic rings. The van der Waals surface area contributed by atoms with E-state index in [0.717, 1.165) is 16.0 Å². The zero-order chi connectivity index (χ0) is 24.8. The summed E-state index contributed by atoms with van der Waals surface area (Å²) in [5, 5.41) is 0.872. The average molecular weight is 489 g/mol. The fourth-order valence-electron chi connectivity index (χ4n) is 3.18. The minimum Gasteiger partial charge on any atom is -0.421 e. The third-order valence-electron chi connectivity index (χ3n) is 4.75. The highest BCUT2D eigenvalue weighted by atomic mass is 32.1. The van der Waals surface area contributed by atoms with Crippen LogP contribution in [-0.2, 0) is 4.74 Å². The highest BCUT2D eigenvalue weighted by Gasteiger charge is 2.23. The van der Waals surface area contributed by atoms with Gasteiger partial charge in [-0.1, -0.05) is 13.8 Å². The summed E-state index contributed by atoms with van der Waals surface area (Å²) >= 11 is 1.44. The maximum Gasteiger partial charge on any atom is 0.327 e. The van der Waals surface area contributed by atoms with Gasteiger partial charge in [-0.3, -0.25) is 4.79 Å². The van der Waals surface area contributed by atoms with Gasteiger partial charge < -0.3 is 19.3 Å². The highest BCUT2D eigenvalue weighted by molar-refractivity contribution is 7.14. The number of halogens is 1. The van der Waals surface area contributed by atoms with Crippen LogP contribution in [0.1, 0.15) is 36.1 Å². The summed E-state index contributed by atoms with van der Waals surface area (Å²) in [5.74, 6) is -0.253. The number of rotatable bonds is 5. The molecule has 1 aliphatic rings. The number of carbonyl (C=O) groups is 1. The Labute approximate surface area is 202 Å². The third-order valence-corrected chi connectivity index (χ3v) is 5.66. The van der Waals surface area contributed by atoms with Crippen LogP contribution >= 0.6 is 11.3 Å². The van der Waals surface area contributed by atoms with Gasteiger partial charge in [0.15, 0.2) is 17.4 Å². The largest absolute Gasteiger partial charge is 0.421 e. The number of thiazole rings is 1. The first-order valence-electron chi connectivity index (χ1n) is 11.0. The molecule has 0 spiro atoms. The average Bonchev–Trinajstić information content (AvgIpc) is 3.27. The Kier molecular flexibility index (Phi) is 8.46. The van der Waals surface area contributed by atoms with Crippen LogP contribution in [0.4, 0.5) is 10.3 Å². The van der Waals surface area contributed by atoms with Crippen molar-refractivity contribution in [1.29, 1.82) is 0 Å². The van der Waals surface area contributed by atoms with E-state index in [4.69, 9.17) is 9.47 Å². The predicted molar refractivity (Wildman–Crippen MR) is 129 cm³/mol. The molecule has 0 N–H and O–H groups in total. The molecule has 0 bridgehead atoms. The number of morpholine rings is 1. The molecular weight excluding hydrogens is 459 g/mol. The fraction of sp³-hybridized carbons (Fsp3) is 0.435. The molecule has 0 unspecified atom stereocenters. The summed E-state index contributed by atoms with van der Waals surface area (Å²) in [5.41, 5.74) is 0.222. The normalized spacial score (nSPS) is 15.4. The van der Waals surface area contributed by atoms with E-state index < -0.39 is 5.82 Å². The molecule has 3 heterocycles. The number of nitrogens with zero attached hydrogens (tertiary/aromatic N) is 6. The van der Waals surface area contributed by atoms with Crippen molar-refractivity contribution in [3.8, 4) is 22.5 Å². The molecule has 34 heavy (non-hydrogen) atoms. The molecule has 1 amide bonds. The predicted octanol–water partition coefficient (Wildman–Crippen LogP) is 4.19. The van der Waals surface area contributed by atoms with E-state index in [9.17, 15) is 9.18 Å². The van der Waals surface area contributed by atoms with Crippen molar-refractivity contribution in [2.45, 2.75) is 33.8 Å². The lowest BCUT2D eigenvalue weighted by molar-refractivity contribution is 0.0526. The van der Waals surface area contributed by atoms with Crippen LogP contribution < -0.4 is 9.64 Å². The summed E-state index contributed by atoms with van der Waals surface area (Å²) in [6.45, 7) is 9.65. The zero-order valence-corrected chi connectivity index (χ0v) is 21.0. The van der Waals surface area contributed by atoms with Gasteiger partial charge >= 0.3 is 6.01 Å². The third kappa shape index (κ3) is 6.03. The van der Waals surface area contributed by atoms with Crippen LogP contribution in [0.3, 0.4) is 0 Å². The van der Waals surface area contributed by atoms with Gasteiger partial charge in [0.05, 0.1) is 22.6 Å². The van der Waals surface area contributed by atoms with E-state index in [-0.39, 0.29) is 29.3 Å². The lowest BCUT2D eigenvalue weighted by Crippen LogP contribution is -2.42. The van der Waals surface area contributed by atoms with Crippen LogP contribution in [0.2, 0.25) is 0 Å². The quantitative estimate of drug-likeness (QED) is 0.528. The lowest BCUT2D eigenvalue weighted by atomic mass is 10.2. The second-order valence-corrected chi connectivity index (χ2v) is 8.79. The van der Waals surface area contributed by atoms with E-state index in [1.807, 2.05) is 32.6 Å². The Morgan fingerprint density at radius 3 is 2.65 bits per heavy atom. The first-order valence-corrected chi connectivity index (χ1v) is 11.9. The van der Waals surface area contributed by atoms with E-state index >= 15 is 0 Å². The van der Waals surface area contributed by atoms with Crippen molar-refractivity contribution in [3.63, 3.8) is 0 Å². The summed E-state index contributed by atoms with van der Waals surface area (Å²) in [7, 11) is 3.21. The molecule has 182 valence electrons. The number of hydrogen-bond acceptors (Lipinski definition) is 9. The lowest BCUT2D eigenvalue weighted by Gasteiger charge is -2.31. The molecule has 0 saturated carbocycles. The van der Waals surface area contributed by atoms with Crippen LogP contribution in [-0.4, -0.2) is 70.6 Å². The van der Waals surface area contributed by atoms with Crippen molar-refractivity contribution in [2.24, 2.45) is 0 Å². The van der Waals surface area contributed by atoms with Gasteiger partial charge in [-0.2, -0.15) is 15.0 Å². The van der Waals surface area contributed by atoms with E-state index in [1.165, 1.54) is 28.4 Å². The summed E-state index contributed by atoms with van der Waals surface area (Å²) in [4.78, 5) is 33.8. The highest BCUT2D eigenvalue weighted by Crippen LogP contribution is 2.29. The summed E-state index contributed by atoms with van der Waals surface area (Å²) < 4.78 is 26.0. The minimum atomic E-state index is -0.685. The smallest absolute Gasteiger partial charge is 0.327 e. The number of anilines is 1. The Hall–Kier alpha value is -3.18. The molecule has 2 aromatic heterocycles. The first-order chi connectivity index (χ1) is 16.3. The Balaban J connectivity index is 0.00000158. The van der Waals surface area contributed by atoms with Gasteiger partial charge in [-0.25, -0.2) is 9.37 Å². The van der Waals surface area contributed by atoms with Crippen LogP contribution in [0, 0.1) is 12.7 Å². The van der Waals surface area contributed by atoms with Crippen LogP contribution in [0.25, 0.3) is 10.7 Å². The molecule has 11 heteroatoms. The maximum absolute atomic E-state index is 14.7. The van der Waals surface area contributed by atoms with Gasteiger partial charge in [0.25, 0.3) is 5.91 Å². The monoisotopic (exact) mass is 488 g/mol. The molecule has 0 radical (unpaired) electrons. The van der Waals surface area contributed by atoms with Gasteiger partial charge in [-0.15, -0.1) is 11.3 Å². The Morgan fingerprint density at radius 1 is 1.26 bits per heavy atom. The number of amides is 1. The minimum absolute atomic E-state index is 0.0261. The number of carbonyl (C=O) groups excluding carboxylic acids is 1. The molecule has 1 fully saturated rings. The molecule has 1 atom stereocenters. The van der Waals surface area contributed by atoms with Crippen molar-refractivity contribution < 1.29 is 18.7 Å².